The third-order valence-electron chi connectivity index (χ3n) is 6.17. The minimum absolute atomic E-state index is 0.00846. The first-order valence-corrected chi connectivity index (χ1v) is 10.6. The van der Waals surface area contributed by atoms with Crippen molar-refractivity contribution in [2.75, 3.05) is 34.4 Å². The topological polar surface area (TPSA) is 72.1 Å². The van der Waals surface area contributed by atoms with Gasteiger partial charge in [0, 0.05) is 35.2 Å². The molecule has 0 saturated carbocycles. The molecule has 1 aliphatic rings. The van der Waals surface area contributed by atoms with Gasteiger partial charge in [-0.25, -0.2) is 0 Å². The standard InChI is InChI=1S/C24H26ClNO5/c1-13-5-6-16(25)15(9-13)19-10-18(28)23-21(30-4)11-20(29-3)22(24(23)31-19)14-7-8-26(2)17(14)12-27/h5-6,9-11,14,17,27H,7-8,12H2,1-4H3. The summed E-state index contributed by atoms with van der Waals surface area (Å²) in [5, 5.41) is 10.9. The molecule has 164 valence electrons. The summed E-state index contributed by atoms with van der Waals surface area (Å²) in [5.74, 6) is 1.27. The lowest BCUT2D eigenvalue weighted by molar-refractivity contribution is 0.171. The Morgan fingerprint density at radius 3 is 2.61 bits per heavy atom. The molecular formula is C24H26ClNO5. The molecule has 0 amide bonds. The SMILES string of the molecule is COc1cc(OC)c2c(=O)cc(-c3cc(C)ccc3Cl)oc2c1C1CCN(C)C1CO. The Balaban J connectivity index is 2.07. The van der Waals surface area contributed by atoms with Crippen molar-refractivity contribution < 1.29 is 19.0 Å². The van der Waals surface area contributed by atoms with Crippen LogP contribution in [0.25, 0.3) is 22.3 Å². The van der Waals surface area contributed by atoms with Crippen molar-refractivity contribution in [3.63, 3.8) is 0 Å². The van der Waals surface area contributed by atoms with Gasteiger partial charge < -0.3 is 23.9 Å². The van der Waals surface area contributed by atoms with Crippen molar-refractivity contribution in [2.45, 2.75) is 25.3 Å². The van der Waals surface area contributed by atoms with Crippen molar-refractivity contribution in [3.8, 4) is 22.8 Å². The molecule has 0 spiro atoms. The monoisotopic (exact) mass is 443 g/mol. The van der Waals surface area contributed by atoms with E-state index in [9.17, 15) is 9.90 Å². The normalized spacial score (nSPS) is 19.2. The number of hydrogen-bond donors (Lipinski definition) is 1. The summed E-state index contributed by atoms with van der Waals surface area (Å²) in [6.07, 6.45) is 0.804. The number of ether oxygens (including phenoxy) is 2. The Morgan fingerprint density at radius 2 is 1.94 bits per heavy atom. The van der Waals surface area contributed by atoms with Crippen LogP contribution >= 0.6 is 11.6 Å². The summed E-state index contributed by atoms with van der Waals surface area (Å²) >= 11 is 6.43. The van der Waals surface area contributed by atoms with Gasteiger partial charge in [-0.15, -0.1) is 0 Å². The van der Waals surface area contributed by atoms with Gasteiger partial charge in [-0.05, 0) is 39.1 Å². The van der Waals surface area contributed by atoms with E-state index < -0.39 is 0 Å². The van der Waals surface area contributed by atoms with Crippen LogP contribution in [0, 0.1) is 6.92 Å². The van der Waals surface area contributed by atoms with Gasteiger partial charge in [0.1, 0.15) is 28.2 Å². The first kappa shape index (κ1) is 21.7. The highest BCUT2D eigenvalue weighted by Crippen LogP contribution is 2.45. The summed E-state index contributed by atoms with van der Waals surface area (Å²) in [6, 6.07) is 8.65. The maximum atomic E-state index is 13.2. The number of likely N-dealkylation sites (tertiary alicyclic amines) is 1. The number of benzene rings is 2. The van der Waals surface area contributed by atoms with Gasteiger partial charge in [-0.3, -0.25) is 4.79 Å². The Kier molecular flexibility index (Phi) is 5.97. The molecule has 3 aromatic rings. The molecule has 0 radical (unpaired) electrons. The number of aryl methyl sites for hydroxylation is 1. The van der Waals surface area contributed by atoms with Gasteiger partial charge in [0.2, 0.25) is 0 Å². The first-order valence-electron chi connectivity index (χ1n) is 10.2. The quantitative estimate of drug-likeness (QED) is 0.636. The zero-order valence-electron chi connectivity index (χ0n) is 18.1. The average molecular weight is 444 g/mol. The third-order valence-corrected chi connectivity index (χ3v) is 6.50. The van der Waals surface area contributed by atoms with Crippen LogP contribution in [0.15, 0.2) is 39.5 Å². The number of aliphatic hydroxyl groups excluding tert-OH is 1. The van der Waals surface area contributed by atoms with E-state index in [1.54, 1.807) is 19.2 Å². The van der Waals surface area contributed by atoms with E-state index in [0.29, 0.717) is 38.8 Å². The Labute approximate surface area is 185 Å². The number of fused-ring (bicyclic) bond motifs is 1. The number of rotatable bonds is 5. The molecule has 2 heterocycles. The molecule has 6 nitrogen and oxygen atoms in total. The second-order valence-corrected chi connectivity index (χ2v) is 8.39. The highest BCUT2D eigenvalue weighted by Gasteiger charge is 2.37. The van der Waals surface area contributed by atoms with Crippen LogP contribution in [0.5, 0.6) is 11.5 Å². The lowest BCUT2D eigenvalue weighted by Gasteiger charge is -2.25. The lowest BCUT2D eigenvalue weighted by atomic mass is 9.89. The van der Waals surface area contributed by atoms with E-state index in [0.717, 1.165) is 24.1 Å². The van der Waals surface area contributed by atoms with E-state index in [1.165, 1.54) is 13.2 Å². The maximum absolute atomic E-state index is 13.2. The highest BCUT2D eigenvalue weighted by molar-refractivity contribution is 6.33. The molecule has 0 bridgehead atoms. The molecule has 1 saturated heterocycles. The maximum Gasteiger partial charge on any atom is 0.197 e. The Morgan fingerprint density at radius 1 is 1.19 bits per heavy atom. The Hall–Kier alpha value is -2.54. The van der Waals surface area contributed by atoms with E-state index in [2.05, 4.69) is 4.90 Å². The van der Waals surface area contributed by atoms with E-state index in [4.69, 9.17) is 25.5 Å². The van der Waals surface area contributed by atoms with Crippen molar-refractivity contribution in [2.24, 2.45) is 0 Å². The largest absolute Gasteiger partial charge is 0.496 e. The number of halogens is 1. The van der Waals surface area contributed by atoms with Gasteiger partial charge in [-0.1, -0.05) is 23.2 Å². The summed E-state index contributed by atoms with van der Waals surface area (Å²) in [4.78, 5) is 15.4. The predicted octanol–water partition coefficient (Wildman–Crippen LogP) is 4.22. The molecule has 7 heteroatoms. The zero-order chi connectivity index (χ0) is 22.3. The third kappa shape index (κ3) is 3.69. The van der Waals surface area contributed by atoms with E-state index >= 15 is 0 Å². The molecule has 31 heavy (non-hydrogen) atoms. The van der Waals surface area contributed by atoms with Gasteiger partial charge in [0.15, 0.2) is 5.43 Å². The van der Waals surface area contributed by atoms with Crippen molar-refractivity contribution in [3.05, 3.63) is 56.7 Å². The molecule has 2 unspecified atom stereocenters. The summed E-state index contributed by atoms with van der Waals surface area (Å²) in [6.45, 7) is 2.77. The van der Waals surface area contributed by atoms with Gasteiger partial charge in [0.05, 0.1) is 25.8 Å². The number of nitrogens with zero attached hydrogens (tertiary/aromatic N) is 1. The molecule has 1 aliphatic heterocycles. The van der Waals surface area contributed by atoms with Crippen LogP contribution in [-0.4, -0.2) is 50.5 Å². The number of methoxy groups -OCH3 is 2. The zero-order valence-corrected chi connectivity index (χ0v) is 18.8. The summed E-state index contributed by atoms with van der Waals surface area (Å²) < 4.78 is 17.6. The van der Waals surface area contributed by atoms with Crippen molar-refractivity contribution in [1.29, 1.82) is 0 Å². The first-order chi connectivity index (χ1) is 14.9. The second kappa shape index (κ2) is 8.54. The van der Waals surface area contributed by atoms with Crippen LogP contribution in [0.3, 0.4) is 0 Å². The van der Waals surface area contributed by atoms with Gasteiger partial charge >= 0.3 is 0 Å². The Bertz CT molecular complexity index is 1190. The highest BCUT2D eigenvalue weighted by atomic mass is 35.5. The van der Waals surface area contributed by atoms with Crippen LogP contribution < -0.4 is 14.9 Å². The van der Waals surface area contributed by atoms with E-state index in [1.807, 2.05) is 26.1 Å². The fraction of sp³-hybridized carbons (Fsp3) is 0.375. The molecule has 1 fully saturated rings. The molecule has 1 aromatic heterocycles. The molecule has 1 N–H and O–H groups in total. The molecule has 2 aromatic carbocycles. The summed E-state index contributed by atoms with van der Waals surface area (Å²) in [7, 11) is 5.07. The predicted molar refractivity (Wildman–Crippen MR) is 122 cm³/mol. The summed E-state index contributed by atoms with van der Waals surface area (Å²) in [5.41, 5.74) is 2.61. The van der Waals surface area contributed by atoms with Gasteiger partial charge in [-0.2, -0.15) is 0 Å². The minimum Gasteiger partial charge on any atom is -0.496 e. The average Bonchev–Trinajstić information content (AvgIpc) is 3.13. The van der Waals surface area contributed by atoms with Crippen LogP contribution in [-0.2, 0) is 0 Å². The molecular weight excluding hydrogens is 418 g/mol. The van der Waals surface area contributed by atoms with E-state index in [-0.39, 0.29) is 24.0 Å². The van der Waals surface area contributed by atoms with Crippen molar-refractivity contribution >= 4 is 22.6 Å². The fourth-order valence-corrected chi connectivity index (χ4v) is 4.76. The number of aliphatic hydroxyl groups is 1. The van der Waals surface area contributed by atoms with Crippen LogP contribution in [0.2, 0.25) is 5.02 Å². The van der Waals surface area contributed by atoms with Gasteiger partial charge in [0.25, 0.3) is 0 Å². The molecule has 0 aliphatic carbocycles. The minimum atomic E-state index is -0.221. The molecule has 4 rings (SSSR count). The smallest absolute Gasteiger partial charge is 0.197 e. The lowest BCUT2D eigenvalue weighted by Crippen LogP contribution is -2.32. The molecule has 2 atom stereocenters. The number of likely N-dealkylation sites (N-methyl/N-ethyl adjacent to an activating group) is 1. The second-order valence-electron chi connectivity index (χ2n) is 7.98. The van der Waals surface area contributed by atoms with Crippen molar-refractivity contribution in [1.82, 2.24) is 4.90 Å². The van der Waals surface area contributed by atoms with Crippen LogP contribution in [0.1, 0.15) is 23.5 Å². The number of hydrogen-bond acceptors (Lipinski definition) is 6. The van der Waals surface area contributed by atoms with Crippen LogP contribution in [0.4, 0.5) is 0 Å². The fourth-order valence-electron chi connectivity index (χ4n) is 4.55.